The molecule has 1 aliphatic rings. The second-order valence-electron chi connectivity index (χ2n) is 8.80. The number of nitrogens with zero attached hydrogens (tertiary/aromatic N) is 2. The lowest BCUT2D eigenvalue weighted by Crippen LogP contribution is -2.51. The van der Waals surface area contributed by atoms with Crippen LogP contribution in [0.15, 0.2) is 22.0 Å². The van der Waals surface area contributed by atoms with Crippen molar-refractivity contribution in [3.8, 4) is 0 Å². The fourth-order valence-corrected chi connectivity index (χ4v) is 4.68. The average Bonchev–Trinajstić information content (AvgIpc) is 3.23. The molecular formula is C20H29N3O3S. The Bertz CT molecular complexity index is 779. The largest absolute Gasteiger partial charge is 0.459 e. The summed E-state index contributed by atoms with van der Waals surface area (Å²) in [7, 11) is 0. The van der Waals surface area contributed by atoms with Gasteiger partial charge < -0.3 is 9.26 Å². The van der Waals surface area contributed by atoms with Crippen LogP contribution in [-0.2, 0) is 9.53 Å². The van der Waals surface area contributed by atoms with Gasteiger partial charge in [-0.1, -0.05) is 25.1 Å². The molecule has 0 saturated carbocycles. The molecule has 148 valence electrons. The van der Waals surface area contributed by atoms with Crippen LogP contribution in [-0.4, -0.2) is 27.2 Å². The Kier molecular flexibility index (Phi) is 5.45. The summed E-state index contributed by atoms with van der Waals surface area (Å²) in [5.41, 5.74) is -1.31. The van der Waals surface area contributed by atoms with Crippen molar-refractivity contribution in [2.24, 2.45) is 5.92 Å². The van der Waals surface area contributed by atoms with Gasteiger partial charge in [-0.2, -0.15) is 4.98 Å². The molecule has 7 heteroatoms. The standard InChI is InChI=1S/C20H29N3O3S/c1-12(2)10-20(18(24)25-19(4,5)6)11-14(17-21-13(3)26-23-17)16(22-20)15-8-7-9-27-15/h7-9,12,14,16,22H,10-11H2,1-6H3/t14-,16-,20+/m1/s1. The molecule has 1 fully saturated rings. The molecule has 0 spiro atoms. The number of aryl methyl sites for hydroxylation is 1. The number of carbonyl (C=O) groups excluding carboxylic acids is 1. The van der Waals surface area contributed by atoms with Crippen LogP contribution in [0.5, 0.6) is 0 Å². The number of ether oxygens (including phenoxy) is 1. The predicted molar refractivity (Wildman–Crippen MR) is 105 cm³/mol. The van der Waals surface area contributed by atoms with Crippen molar-refractivity contribution < 1.29 is 14.1 Å². The molecule has 3 atom stereocenters. The van der Waals surface area contributed by atoms with Crippen molar-refractivity contribution >= 4 is 17.3 Å². The Balaban J connectivity index is 2.00. The molecule has 1 saturated heterocycles. The number of esters is 1. The van der Waals surface area contributed by atoms with Crippen LogP contribution < -0.4 is 5.32 Å². The molecule has 1 N–H and O–H groups in total. The van der Waals surface area contributed by atoms with Gasteiger partial charge in [-0.05, 0) is 51.0 Å². The normalized spacial score (nSPS) is 25.9. The summed E-state index contributed by atoms with van der Waals surface area (Å²) in [4.78, 5) is 18.9. The zero-order valence-corrected chi connectivity index (χ0v) is 17.7. The first kappa shape index (κ1) is 20.0. The highest BCUT2D eigenvalue weighted by molar-refractivity contribution is 7.10. The third kappa shape index (κ3) is 4.41. The second-order valence-corrected chi connectivity index (χ2v) is 9.78. The van der Waals surface area contributed by atoms with Gasteiger partial charge in [-0.3, -0.25) is 10.1 Å². The molecule has 1 aliphatic heterocycles. The number of hydrogen-bond donors (Lipinski definition) is 1. The van der Waals surface area contributed by atoms with E-state index in [1.165, 1.54) is 0 Å². The van der Waals surface area contributed by atoms with E-state index in [-0.39, 0.29) is 17.9 Å². The second kappa shape index (κ2) is 7.36. The maximum atomic E-state index is 13.3. The lowest BCUT2D eigenvalue weighted by molar-refractivity contribution is -0.163. The molecule has 2 aromatic rings. The van der Waals surface area contributed by atoms with Gasteiger partial charge in [0, 0.05) is 17.7 Å². The van der Waals surface area contributed by atoms with Crippen LogP contribution >= 0.6 is 11.3 Å². The Hall–Kier alpha value is -1.73. The maximum absolute atomic E-state index is 13.3. The highest BCUT2D eigenvalue weighted by Gasteiger charge is 2.54. The van der Waals surface area contributed by atoms with Crippen LogP contribution in [0.4, 0.5) is 0 Å². The highest BCUT2D eigenvalue weighted by atomic mass is 32.1. The molecule has 0 unspecified atom stereocenters. The van der Waals surface area contributed by atoms with Gasteiger partial charge in [0.1, 0.15) is 11.1 Å². The Morgan fingerprint density at radius 3 is 2.74 bits per heavy atom. The summed E-state index contributed by atoms with van der Waals surface area (Å²) in [5, 5.41) is 9.84. The molecule has 0 amide bonds. The van der Waals surface area contributed by atoms with Crippen molar-refractivity contribution in [3.63, 3.8) is 0 Å². The highest BCUT2D eigenvalue weighted by Crippen LogP contribution is 2.47. The molecule has 0 aliphatic carbocycles. The zero-order valence-electron chi connectivity index (χ0n) is 16.9. The van der Waals surface area contributed by atoms with E-state index in [1.807, 2.05) is 32.2 Å². The average molecular weight is 392 g/mol. The van der Waals surface area contributed by atoms with Crippen LogP contribution in [0.25, 0.3) is 0 Å². The summed E-state index contributed by atoms with van der Waals surface area (Å²) >= 11 is 1.67. The molecule has 3 heterocycles. The van der Waals surface area contributed by atoms with Gasteiger partial charge >= 0.3 is 5.97 Å². The minimum Gasteiger partial charge on any atom is -0.459 e. The lowest BCUT2D eigenvalue weighted by Gasteiger charge is -2.33. The number of thiophene rings is 1. The first-order chi connectivity index (χ1) is 12.6. The van der Waals surface area contributed by atoms with Crippen LogP contribution in [0.2, 0.25) is 0 Å². The fraction of sp³-hybridized carbons (Fsp3) is 0.650. The summed E-state index contributed by atoms with van der Waals surface area (Å²) in [6, 6.07) is 4.06. The third-order valence-electron chi connectivity index (χ3n) is 4.67. The number of carbonyl (C=O) groups is 1. The van der Waals surface area contributed by atoms with Gasteiger partial charge in [-0.25, -0.2) is 0 Å². The fourth-order valence-electron chi connectivity index (χ4n) is 3.83. The van der Waals surface area contributed by atoms with Crippen molar-refractivity contribution in [2.75, 3.05) is 0 Å². The number of aromatic nitrogens is 2. The van der Waals surface area contributed by atoms with E-state index in [0.29, 0.717) is 30.5 Å². The molecule has 2 aromatic heterocycles. The molecule has 0 aromatic carbocycles. The van der Waals surface area contributed by atoms with Gasteiger partial charge in [0.05, 0.1) is 6.04 Å². The lowest BCUT2D eigenvalue weighted by atomic mass is 9.84. The zero-order chi connectivity index (χ0) is 19.8. The minimum atomic E-state index is -0.769. The maximum Gasteiger partial charge on any atom is 0.326 e. The van der Waals surface area contributed by atoms with Crippen LogP contribution in [0.3, 0.4) is 0 Å². The van der Waals surface area contributed by atoms with E-state index < -0.39 is 11.1 Å². The van der Waals surface area contributed by atoms with Crippen LogP contribution in [0.1, 0.15) is 76.0 Å². The minimum absolute atomic E-state index is 0.0479. The molecule has 6 nitrogen and oxygen atoms in total. The van der Waals surface area contributed by atoms with E-state index in [2.05, 4.69) is 35.4 Å². The first-order valence-corrected chi connectivity index (χ1v) is 10.3. The first-order valence-electron chi connectivity index (χ1n) is 9.44. The summed E-state index contributed by atoms with van der Waals surface area (Å²) in [6.07, 6.45) is 1.28. The van der Waals surface area contributed by atoms with Gasteiger partial charge in [-0.15, -0.1) is 11.3 Å². The Labute approximate surface area is 164 Å². The van der Waals surface area contributed by atoms with Crippen molar-refractivity contribution in [3.05, 3.63) is 34.1 Å². The van der Waals surface area contributed by atoms with Gasteiger partial charge in [0.2, 0.25) is 5.89 Å². The number of hydrogen-bond acceptors (Lipinski definition) is 7. The Morgan fingerprint density at radius 1 is 1.48 bits per heavy atom. The smallest absolute Gasteiger partial charge is 0.326 e. The van der Waals surface area contributed by atoms with Crippen molar-refractivity contribution in [1.29, 1.82) is 0 Å². The summed E-state index contributed by atoms with van der Waals surface area (Å²) in [5.74, 6) is 1.27. The molecule has 0 bridgehead atoms. The third-order valence-corrected chi connectivity index (χ3v) is 5.63. The van der Waals surface area contributed by atoms with Gasteiger partial charge in [0.15, 0.2) is 5.82 Å². The van der Waals surface area contributed by atoms with E-state index in [4.69, 9.17) is 9.26 Å². The molecule has 3 rings (SSSR count). The monoisotopic (exact) mass is 391 g/mol. The molecule has 0 radical (unpaired) electrons. The van der Waals surface area contributed by atoms with E-state index >= 15 is 0 Å². The number of nitrogens with one attached hydrogen (secondary N) is 1. The van der Waals surface area contributed by atoms with Crippen LogP contribution in [0, 0.1) is 12.8 Å². The summed E-state index contributed by atoms with van der Waals surface area (Å²) in [6.45, 7) is 11.7. The quantitative estimate of drug-likeness (QED) is 0.762. The van der Waals surface area contributed by atoms with E-state index in [9.17, 15) is 4.79 Å². The SMILES string of the molecule is Cc1nc([C@@H]2C[C@@](CC(C)C)(C(=O)OC(C)(C)C)N[C@H]2c2cccs2)no1. The Morgan fingerprint density at radius 2 is 2.22 bits per heavy atom. The number of rotatable bonds is 5. The van der Waals surface area contributed by atoms with E-state index in [0.717, 1.165) is 4.88 Å². The van der Waals surface area contributed by atoms with Gasteiger partial charge in [0.25, 0.3) is 0 Å². The molecular weight excluding hydrogens is 362 g/mol. The van der Waals surface area contributed by atoms with Crippen molar-refractivity contribution in [2.45, 2.75) is 77.5 Å². The topological polar surface area (TPSA) is 77.2 Å². The van der Waals surface area contributed by atoms with E-state index in [1.54, 1.807) is 18.3 Å². The predicted octanol–water partition coefficient (Wildman–Crippen LogP) is 4.38. The summed E-state index contributed by atoms with van der Waals surface area (Å²) < 4.78 is 11.0. The molecule has 27 heavy (non-hydrogen) atoms. The van der Waals surface area contributed by atoms with Crippen molar-refractivity contribution in [1.82, 2.24) is 15.5 Å².